The van der Waals surface area contributed by atoms with Gasteiger partial charge in [-0.05, 0) is 84.0 Å². The van der Waals surface area contributed by atoms with Crippen LogP contribution in [0.4, 0.5) is 0 Å². The van der Waals surface area contributed by atoms with E-state index in [-0.39, 0.29) is 0 Å². The number of hydrogen-bond acceptors (Lipinski definition) is 8. The van der Waals surface area contributed by atoms with Crippen LogP contribution in [-0.2, 0) is 23.6 Å². The van der Waals surface area contributed by atoms with Crippen LogP contribution in [0.15, 0.2) is 96.2 Å². The minimum absolute atomic E-state index is 0.396. The van der Waals surface area contributed by atoms with E-state index in [2.05, 4.69) is 69.8 Å². The van der Waals surface area contributed by atoms with Crippen molar-refractivity contribution in [1.82, 2.24) is 19.9 Å². The van der Waals surface area contributed by atoms with Crippen molar-refractivity contribution in [3.05, 3.63) is 130 Å². The molecule has 0 atom stereocenters. The van der Waals surface area contributed by atoms with E-state index < -0.39 is 11.9 Å². The second-order valence-corrected chi connectivity index (χ2v) is 15.2. The lowest BCUT2D eigenvalue weighted by Crippen LogP contribution is -2.22. The highest BCUT2D eigenvalue weighted by Crippen LogP contribution is 2.39. The Labute approximate surface area is 329 Å². The quantitative estimate of drug-likeness (QED) is 0.129. The Morgan fingerprint density at radius 3 is 1.18 bits per heavy atom. The van der Waals surface area contributed by atoms with Gasteiger partial charge in [0.25, 0.3) is 0 Å². The Hall–Kier alpha value is -6.76. The maximum absolute atomic E-state index is 12.4. The molecular weight excluding hydrogens is 741 g/mol. The van der Waals surface area contributed by atoms with Crippen molar-refractivity contribution in [2.45, 2.75) is 0 Å². The fourth-order valence-corrected chi connectivity index (χ4v) is 8.93. The number of rotatable bonds is 6. The molecule has 2 aliphatic heterocycles. The first-order chi connectivity index (χ1) is 27.3. The predicted molar refractivity (Wildman–Crippen MR) is 221 cm³/mol. The molecule has 0 aliphatic carbocycles. The van der Waals surface area contributed by atoms with Gasteiger partial charge in [0, 0.05) is 44.3 Å². The highest BCUT2D eigenvalue weighted by atomic mass is 32.1. The van der Waals surface area contributed by atoms with Crippen molar-refractivity contribution in [3.63, 3.8) is 0 Å². The van der Waals surface area contributed by atoms with E-state index in [0.29, 0.717) is 11.1 Å². The van der Waals surface area contributed by atoms with Gasteiger partial charge in [0.2, 0.25) is 11.0 Å². The van der Waals surface area contributed by atoms with Crippen LogP contribution in [0.1, 0.15) is 43.5 Å². The zero-order chi connectivity index (χ0) is 38.5. The van der Waals surface area contributed by atoms with Gasteiger partial charge < -0.3 is 19.4 Å². The molecular formula is C44H34N6O4S2+2. The summed E-state index contributed by atoms with van der Waals surface area (Å²) in [5, 5.41) is 0. The number of thiazole rings is 2. The number of ether oxygens (including phenoxy) is 2. The predicted octanol–water partition coefficient (Wildman–Crippen LogP) is 8.67. The van der Waals surface area contributed by atoms with Crippen molar-refractivity contribution in [2.24, 2.45) is 14.1 Å². The van der Waals surface area contributed by atoms with Crippen LogP contribution < -0.4 is 9.13 Å². The molecule has 10 nitrogen and oxygen atoms in total. The number of esters is 2. The summed E-state index contributed by atoms with van der Waals surface area (Å²) >= 11 is 3.27. The third-order valence-corrected chi connectivity index (χ3v) is 11.8. The Kier molecular flexibility index (Phi) is 8.83. The van der Waals surface area contributed by atoms with Gasteiger partial charge >= 0.3 is 11.9 Å². The van der Waals surface area contributed by atoms with Gasteiger partial charge in [0.15, 0.2) is 12.4 Å². The minimum Gasteiger partial charge on any atom is -0.465 e. The van der Waals surface area contributed by atoms with Gasteiger partial charge in [0.05, 0.1) is 48.1 Å². The molecule has 0 unspecified atom stereocenters. The van der Waals surface area contributed by atoms with Crippen molar-refractivity contribution in [1.29, 1.82) is 0 Å². The van der Waals surface area contributed by atoms with Crippen LogP contribution in [0.5, 0.6) is 0 Å². The molecule has 9 rings (SSSR count). The van der Waals surface area contributed by atoms with Gasteiger partial charge in [-0.15, -0.1) is 0 Å². The summed E-state index contributed by atoms with van der Waals surface area (Å²) in [7, 11) is 6.78. The molecule has 0 fully saturated rings. The summed E-state index contributed by atoms with van der Waals surface area (Å²) < 4.78 is 14.1. The molecule has 7 heterocycles. The molecule has 5 aromatic heterocycles. The molecule has 0 spiro atoms. The first-order valence-electron chi connectivity index (χ1n) is 17.7. The lowest BCUT2D eigenvalue weighted by Gasteiger charge is -2.06. The number of carbonyl (C=O) groups is 2. The number of H-pyrrole nitrogens is 2. The lowest BCUT2D eigenvalue weighted by molar-refractivity contribution is -0.666. The molecule has 7 aromatic rings. The lowest BCUT2D eigenvalue weighted by atomic mass is 10.0. The van der Waals surface area contributed by atoms with E-state index in [9.17, 15) is 9.59 Å². The van der Waals surface area contributed by atoms with Crippen LogP contribution in [0.3, 0.4) is 0 Å². The number of nitrogens with zero attached hydrogens (tertiary/aromatic N) is 4. The maximum Gasteiger partial charge on any atom is 0.337 e. The maximum atomic E-state index is 12.4. The molecule has 0 amide bonds. The normalized spacial score (nSPS) is 11.9. The van der Waals surface area contributed by atoms with Gasteiger partial charge in [-0.2, -0.15) is 9.13 Å². The van der Waals surface area contributed by atoms with Crippen LogP contribution in [0, 0.1) is 0 Å². The van der Waals surface area contributed by atoms with Crippen molar-refractivity contribution < 1.29 is 28.2 Å². The number of carbonyl (C=O) groups excluding carboxylic acids is 2. The smallest absolute Gasteiger partial charge is 0.337 e. The van der Waals surface area contributed by atoms with E-state index in [1.807, 2.05) is 59.6 Å². The van der Waals surface area contributed by atoms with E-state index >= 15 is 0 Å². The molecule has 0 radical (unpaired) electrons. The van der Waals surface area contributed by atoms with E-state index in [1.165, 1.54) is 14.2 Å². The second-order valence-electron chi connectivity index (χ2n) is 13.4. The average Bonchev–Trinajstić information content (AvgIpc) is 4.08. The summed E-state index contributed by atoms with van der Waals surface area (Å²) in [5.41, 5.74) is 17.1. The van der Waals surface area contributed by atoms with Crippen molar-refractivity contribution >= 4 is 81.0 Å². The minimum atomic E-state index is -0.396. The Morgan fingerprint density at radius 2 is 0.857 bits per heavy atom. The fourth-order valence-electron chi connectivity index (χ4n) is 7.13. The number of aromatic amines is 2. The third kappa shape index (κ3) is 6.24. The van der Waals surface area contributed by atoms with Gasteiger partial charge in [0.1, 0.15) is 23.8 Å². The van der Waals surface area contributed by atoms with Crippen LogP contribution in [-0.4, -0.2) is 46.1 Å². The first-order valence-corrected chi connectivity index (χ1v) is 19.5. The molecule has 56 heavy (non-hydrogen) atoms. The van der Waals surface area contributed by atoms with E-state index in [4.69, 9.17) is 19.4 Å². The fraction of sp³-hybridized carbons (Fsp3) is 0.0909. The second kappa shape index (κ2) is 14.1. The number of methoxy groups -OCH3 is 2. The number of benzene rings is 2. The summed E-state index contributed by atoms with van der Waals surface area (Å²) in [6.07, 6.45) is 12.4. The number of hydrogen-bond donors (Lipinski definition) is 2. The molecule has 2 aromatic carbocycles. The highest BCUT2D eigenvalue weighted by molar-refractivity contribution is 7.13. The molecule has 2 aliphatic rings. The zero-order valence-corrected chi connectivity index (χ0v) is 32.4. The Balaban J connectivity index is 1.42. The largest absolute Gasteiger partial charge is 0.465 e. The SMILES string of the molecule is COC(=O)c1ccc(-c2c3nc(c(-c4c[n+](C)cs4)c4ccc([nH]4)c(-c4ccc(C(=O)OC)cc4)c4nc(c(-c5c[n+](C)cs5)c5ccc2[nH]5)C=C4)C=C3)cc1. The van der Waals surface area contributed by atoms with Crippen molar-refractivity contribution in [3.8, 4) is 43.1 Å². The summed E-state index contributed by atoms with van der Waals surface area (Å²) in [6.45, 7) is 0. The molecule has 0 saturated heterocycles. The number of fused-ring (bicyclic) bond motifs is 8. The highest BCUT2D eigenvalue weighted by Gasteiger charge is 2.22. The van der Waals surface area contributed by atoms with Gasteiger partial charge in [-0.1, -0.05) is 46.9 Å². The number of aryl methyl sites for hydroxylation is 2. The molecule has 2 N–H and O–H groups in total. The van der Waals surface area contributed by atoms with Crippen LogP contribution >= 0.6 is 22.7 Å². The number of aromatic nitrogens is 6. The Bertz CT molecular complexity index is 2750. The van der Waals surface area contributed by atoms with Crippen LogP contribution in [0.2, 0.25) is 0 Å². The average molecular weight is 775 g/mol. The monoisotopic (exact) mass is 774 g/mol. The standard InChI is InChI=1S/C44H33N6O4S2/c1-49-21-37(55-23-49)41-33-17-13-29(45-33)39(25-5-9-27(10-6-25)43(51)53-3)31-15-19-35(47-31)42(38-22-50(2)24-56-38)36-20-16-32(48-36)40(30-14-18-34(41)46-30)26-7-11-28(12-8-26)44(52)54-4/h5-24H,1-4H3,(H-,45,46,47,48,51,52)/q+1/p+1. The third-order valence-electron chi connectivity index (χ3n) is 9.77. The van der Waals surface area contributed by atoms with E-state index in [1.54, 1.807) is 46.9 Å². The number of nitrogens with one attached hydrogen (secondary N) is 2. The zero-order valence-electron chi connectivity index (χ0n) is 30.8. The molecule has 0 saturated carbocycles. The summed E-state index contributed by atoms with van der Waals surface area (Å²) in [4.78, 5) is 45.0. The Morgan fingerprint density at radius 1 is 0.518 bits per heavy atom. The van der Waals surface area contributed by atoms with Crippen molar-refractivity contribution in [2.75, 3.05) is 14.2 Å². The molecule has 274 valence electrons. The van der Waals surface area contributed by atoms with Gasteiger partial charge in [-0.25, -0.2) is 19.6 Å². The molecule has 12 heteroatoms. The van der Waals surface area contributed by atoms with Gasteiger partial charge in [-0.3, -0.25) is 0 Å². The van der Waals surface area contributed by atoms with Crippen LogP contribution in [0.25, 0.3) is 89.5 Å². The summed E-state index contributed by atoms with van der Waals surface area (Å²) in [5.74, 6) is -0.791. The summed E-state index contributed by atoms with van der Waals surface area (Å²) in [6, 6.07) is 23.1. The first kappa shape index (κ1) is 35.0. The van der Waals surface area contributed by atoms with E-state index in [0.717, 1.165) is 88.0 Å². The molecule has 8 bridgehead atoms. The topological polar surface area (TPSA) is 118 Å².